The second-order valence-electron chi connectivity index (χ2n) is 12.6. The minimum atomic E-state index is 1.16. The summed E-state index contributed by atoms with van der Waals surface area (Å²) in [4.78, 5) is 2.59. The summed E-state index contributed by atoms with van der Waals surface area (Å²) in [5, 5.41) is 6.42. The van der Waals surface area contributed by atoms with Crippen molar-refractivity contribution in [2.24, 2.45) is 0 Å². The molecule has 0 aliphatic carbocycles. The van der Waals surface area contributed by atoms with Crippen LogP contribution in [0.15, 0.2) is 174 Å². The lowest BCUT2D eigenvalue weighted by atomic mass is 10.0. The molecule has 0 radical (unpaired) electrons. The zero-order chi connectivity index (χ0) is 31.3. The van der Waals surface area contributed by atoms with Crippen molar-refractivity contribution in [3.8, 4) is 28.2 Å². The molecule has 0 saturated heterocycles. The van der Waals surface area contributed by atoms with E-state index < -0.39 is 0 Å². The van der Waals surface area contributed by atoms with Crippen LogP contribution in [0.5, 0.6) is 0 Å². The first-order chi connectivity index (χ1) is 23.8. The molecule has 0 spiro atoms. The van der Waals surface area contributed by atoms with Gasteiger partial charge in [0.15, 0.2) is 0 Å². The van der Waals surface area contributed by atoms with Crippen molar-refractivity contribution in [2.45, 2.75) is 9.79 Å². The lowest BCUT2D eigenvalue weighted by molar-refractivity contribution is 1.03. The molecule has 11 rings (SSSR count). The zero-order valence-corrected chi connectivity index (χ0v) is 26.7. The SMILES string of the molecule is c1ccc(-n2c3ccccc3c3cc(-c4ccc(-n5c6ccccc6c6c7cccc8c7n(c65)-c5ccccc5S8)cc4)ccc32)cc1. The molecule has 0 atom stereocenters. The molecule has 4 heterocycles. The summed E-state index contributed by atoms with van der Waals surface area (Å²) in [5.74, 6) is 0. The molecule has 0 amide bonds. The van der Waals surface area contributed by atoms with Crippen LogP contribution < -0.4 is 0 Å². The average Bonchev–Trinajstić information content (AvgIpc) is 3.79. The van der Waals surface area contributed by atoms with Gasteiger partial charge in [0.2, 0.25) is 0 Å². The maximum absolute atomic E-state index is 2.50. The van der Waals surface area contributed by atoms with Crippen LogP contribution in [0.4, 0.5) is 0 Å². The molecule has 0 bridgehead atoms. The first-order valence-electron chi connectivity index (χ1n) is 16.4. The van der Waals surface area contributed by atoms with Gasteiger partial charge in [0.05, 0.1) is 27.8 Å². The molecule has 0 saturated carbocycles. The molecule has 7 aromatic carbocycles. The Kier molecular flexibility index (Phi) is 5.32. The fraction of sp³-hybridized carbons (Fsp3) is 0. The van der Waals surface area contributed by atoms with Crippen LogP contribution in [0, 0.1) is 0 Å². The number of hydrogen-bond donors (Lipinski definition) is 0. The number of para-hydroxylation sites is 5. The van der Waals surface area contributed by atoms with Gasteiger partial charge in [0, 0.05) is 48.1 Å². The summed E-state index contributed by atoms with van der Waals surface area (Å²) < 4.78 is 7.33. The second-order valence-corrected chi connectivity index (χ2v) is 13.7. The van der Waals surface area contributed by atoms with Crippen LogP contribution in [0.3, 0.4) is 0 Å². The smallest absolute Gasteiger partial charge is 0.131 e. The van der Waals surface area contributed by atoms with Gasteiger partial charge in [-0.3, -0.25) is 9.13 Å². The molecule has 224 valence electrons. The molecule has 48 heavy (non-hydrogen) atoms. The third kappa shape index (κ3) is 3.50. The zero-order valence-electron chi connectivity index (χ0n) is 25.8. The van der Waals surface area contributed by atoms with Gasteiger partial charge in [0.1, 0.15) is 5.65 Å². The highest BCUT2D eigenvalue weighted by molar-refractivity contribution is 7.99. The van der Waals surface area contributed by atoms with E-state index in [-0.39, 0.29) is 0 Å². The number of benzene rings is 7. The van der Waals surface area contributed by atoms with Gasteiger partial charge in [0.25, 0.3) is 0 Å². The highest BCUT2D eigenvalue weighted by Gasteiger charge is 2.27. The Morgan fingerprint density at radius 1 is 0.375 bits per heavy atom. The fourth-order valence-electron chi connectivity index (χ4n) is 8.00. The Morgan fingerprint density at radius 2 is 1.00 bits per heavy atom. The molecular formula is C44H27N3S. The third-order valence-electron chi connectivity index (χ3n) is 10.0. The number of fused-ring (bicyclic) bond motifs is 10. The molecular weight excluding hydrogens is 603 g/mol. The van der Waals surface area contributed by atoms with Gasteiger partial charge in [-0.25, -0.2) is 0 Å². The topological polar surface area (TPSA) is 14.8 Å². The van der Waals surface area contributed by atoms with E-state index in [0.717, 1.165) is 5.69 Å². The fourth-order valence-corrected chi connectivity index (χ4v) is 9.09. The van der Waals surface area contributed by atoms with Crippen LogP contribution in [-0.4, -0.2) is 13.7 Å². The van der Waals surface area contributed by atoms with E-state index in [1.165, 1.54) is 86.9 Å². The Morgan fingerprint density at radius 3 is 1.85 bits per heavy atom. The van der Waals surface area contributed by atoms with Crippen molar-refractivity contribution in [3.63, 3.8) is 0 Å². The molecule has 3 aromatic heterocycles. The Hall–Kier alpha value is -5.97. The molecule has 0 fully saturated rings. The van der Waals surface area contributed by atoms with Crippen LogP contribution in [0.1, 0.15) is 0 Å². The summed E-state index contributed by atoms with van der Waals surface area (Å²) >= 11 is 1.87. The largest absolute Gasteiger partial charge is 0.309 e. The van der Waals surface area contributed by atoms with Crippen molar-refractivity contribution in [1.29, 1.82) is 0 Å². The minimum absolute atomic E-state index is 1.16. The standard InChI is InChI=1S/C44H27N3S/c1-2-11-30(12-3-1)45-36-16-6-4-13-32(36)35-27-29(23-26-38(35)45)28-21-24-31(25-22-28)46-37-17-7-5-14-33(37)42-34-15-10-20-41-43(34)47(44(42)46)39-18-8-9-19-40(39)48-41/h1-27H. The molecule has 1 aliphatic heterocycles. The van der Waals surface area contributed by atoms with Crippen LogP contribution in [0.25, 0.3) is 82.8 Å². The summed E-state index contributed by atoms with van der Waals surface area (Å²) in [6, 6.07) is 59.8. The molecule has 1 aliphatic rings. The number of aromatic nitrogens is 3. The first-order valence-corrected chi connectivity index (χ1v) is 17.2. The minimum Gasteiger partial charge on any atom is -0.309 e. The maximum atomic E-state index is 2.50. The summed E-state index contributed by atoms with van der Waals surface area (Å²) in [6.07, 6.45) is 0. The van der Waals surface area contributed by atoms with Crippen LogP contribution in [0.2, 0.25) is 0 Å². The lowest BCUT2D eigenvalue weighted by Crippen LogP contribution is -2.05. The highest BCUT2D eigenvalue weighted by Crippen LogP contribution is 2.49. The van der Waals surface area contributed by atoms with Gasteiger partial charge >= 0.3 is 0 Å². The molecule has 4 heteroatoms. The Bertz CT molecular complexity index is 2910. The number of rotatable bonds is 3. The Labute approximate surface area is 280 Å². The normalized spacial score (nSPS) is 12.5. The predicted molar refractivity (Wildman–Crippen MR) is 202 cm³/mol. The average molecular weight is 630 g/mol. The van der Waals surface area contributed by atoms with E-state index in [9.17, 15) is 0 Å². The van der Waals surface area contributed by atoms with Crippen molar-refractivity contribution in [3.05, 3.63) is 164 Å². The van der Waals surface area contributed by atoms with Gasteiger partial charge in [-0.1, -0.05) is 109 Å². The number of hydrogen-bond acceptors (Lipinski definition) is 1. The summed E-state index contributed by atoms with van der Waals surface area (Å²) in [7, 11) is 0. The molecule has 10 aromatic rings. The molecule has 0 N–H and O–H groups in total. The Balaban J connectivity index is 1.12. The van der Waals surface area contributed by atoms with E-state index in [0.29, 0.717) is 0 Å². The predicted octanol–water partition coefficient (Wildman–Crippen LogP) is 12.0. The quantitative estimate of drug-likeness (QED) is 0.190. The van der Waals surface area contributed by atoms with E-state index in [2.05, 4.69) is 177 Å². The van der Waals surface area contributed by atoms with Gasteiger partial charge in [-0.2, -0.15) is 0 Å². The van der Waals surface area contributed by atoms with Gasteiger partial charge < -0.3 is 4.57 Å². The lowest BCUT2D eigenvalue weighted by Gasteiger charge is -2.21. The van der Waals surface area contributed by atoms with Crippen molar-refractivity contribution >= 4 is 66.4 Å². The van der Waals surface area contributed by atoms with E-state index in [4.69, 9.17) is 0 Å². The van der Waals surface area contributed by atoms with E-state index >= 15 is 0 Å². The van der Waals surface area contributed by atoms with Crippen molar-refractivity contribution in [2.75, 3.05) is 0 Å². The van der Waals surface area contributed by atoms with E-state index in [1.807, 2.05) is 11.8 Å². The van der Waals surface area contributed by atoms with Crippen LogP contribution >= 0.6 is 11.8 Å². The van der Waals surface area contributed by atoms with Gasteiger partial charge in [-0.05, 0) is 77.9 Å². The first kappa shape index (κ1) is 26.1. The van der Waals surface area contributed by atoms with E-state index in [1.54, 1.807) is 0 Å². The highest BCUT2D eigenvalue weighted by atomic mass is 32.2. The second kappa shape index (κ2) is 9.77. The summed E-state index contributed by atoms with van der Waals surface area (Å²) in [6.45, 7) is 0. The van der Waals surface area contributed by atoms with Crippen LogP contribution in [-0.2, 0) is 0 Å². The summed E-state index contributed by atoms with van der Waals surface area (Å²) in [5.41, 5.74) is 12.2. The maximum Gasteiger partial charge on any atom is 0.131 e. The third-order valence-corrected chi connectivity index (χ3v) is 11.1. The van der Waals surface area contributed by atoms with Crippen molar-refractivity contribution in [1.82, 2.24) is 13.7 Å². The van der Waals surface area contributed by atoms with Crippen molar-refractivity contribution < 1.29 is 0 Å². The molecule has 0 unspecified atom stereocenters. The molecule has 3 nitrogen and oxygen atoms in total. The number of nitrogens with zero attached hydrogens (tertiary/aromatic N) is 3. The van der Waals surface area contributed by atoms with Gasteiger partial charge in [-0.15, -0.1) is 0 Å². The monoisotopic (exact) mass is 629 g/mol.